The number of likely N-dealkylation sites (N-methyl/N-ethyl adjacent to an activating group) is 1. The number of nitrogens with one attached hydrogen (secondary N) is 1. The van der Waals surface area contributed by atoms with Crippen molar-refractivity contribution < 1.29 is 9.47 Å². The van der Waals surface area contributed by atoms with E-state index in [1.807, 2.05) is 19.2 Å². The van der Waals surface area contributed by atoms with Crippen LogP contribution in [-0.4, -0.2) is 26.4 Å². The van der Waals surface area contributed by atoms with Gasteiger partial charge in [-0.1, -0.05) is 44.4 Å². The van der Waals surface area contributed by atoms with Gasteiger partial charge in [0.2, 0.25) is 0 Å². The van der Waals surface area contributed by atoms with Crippen LogP contribution in [0, 0.1) is 0 Å². The van der Waals surface area contributed by atoms with Gasteiger partial charge in [0.1, 0.15) is 18.5 Å². The van der Waals surface area contributed by atoms with E-state index in [0.29, 0.717) is 6.61 Å². The van der Waals surface area contributed by atoms with Crippen LogP contribution in [0.4, 0.5) is 0 Å². The molecule has 0 amide bonds. The predicted molar refractivity (Wildman–Crippen MR) is 77.6 cm³/mol. The minimum absolute atomic E-state index is 0.113. The second-order valence-corrected chi connectivity index (χ2v) is 5.09. The molecule has 1 N–H and O–H groups in total. The van der Waals surface area contributed by atoms with Crippen molar-refractivity contribution in [2.75, 3.05) is 20.3 Å². The van der Waals surface area contributed by atoms with Crippen LogP contribution in [0.3, 0.4) is 0 Å². The standard InChI is InChI=1S/C16H25NO2/c1-3-4-5-8-11-18-15-12-19-14-10-7-6-9-13(14)16(15)17-2/h6-7,9-10,15-17H,3-5,8,11-12H2,1-2H3. The lowest BCUT2D eigenvalue weighted by atomic mass is 9.98. The number of hydrogen-bond donors (Lipinski definition) is 1. The fourth-order valence-electron chi connectivity index (χ4n) is 2.59. The van der Waals surface area contributed by atoms with Crippen LogP contribution in [-0.2, 0) is 4.74 Å². The molecule has 1 aliphatic rings. The van der Waals surface area contributed by atoms with Crippen LogP contribution in [0.1, 0.15) is 44.2 Å². The zero-order valence-electron chi connectivity index (χ0n) is 12.0. The lowest BCUT2D eigenvalue weighted by molar-refractivity contribution is -0.0152. The second kappa shape index (κ2) is 7.51. The van der Waals surface area contributed by atoms with Crippen LogP contribution >= 0.6 is 0 Å². The molecule has 3 heteroatoms. The van der Waals surface area contributed by atoms with E-state index in [1.54, 1.807) is 0 Å². The largest absolute Gasteiger partial charge is 0.490 e. The first-order valence-electron chi connectivity index (χ1n) is 7.37. The Bertz CT molecular complexity index is 381. The molecule has 1 aliphatic heterocycles. The SMILES string of the molecule is CCCCCCOC1COc2ccccc2C1NC. The molecule has 106 valence electrons. The zero-order valence-corrected chi connectivity index (χ0v) is 12.0. The third-order valence-corrected chi connectivity index (χ3v) is 3.67. The Hall–Kier alpha value is -1.06. The molecule has 2 unspecified atom stereocenters. The predicted octanol–water partition coefficient (Wildman–Crippen LogP) is 3.31. The third kappa shape index (κ3) is 3.71. The van der Waals surface area contributed by atoms with E-state index in [-0.39, 0.29) is 12.1 Å². The molecular formula is C16H25NO2. The Balaban J connectivity index is 1.88. The van der Waals surface area contributed by atoms with Gasteiger partial charge >= 0.3 is 0 Å². The minimum atomic E-state index is 0.113. The first-order chi connectivity index (χ1) is 9.36. The molecule has 19 heavy (non-hydrogen) atoms. The molecule has 0 fully saturated rings. The van der Waals surface area contributed by atoms with Crippen molar-refractivity contribution in [2.45, 2.75) is 44.8 Å². The van der Waals surface area contributed by atoms with E-state index in [9.17, 15) is 0 Å². The quantitative estimate of drug-likeness (QED) is 0.766. The van der Waals surface area contributed by atoms with Crippen LogP contribution in [0.5, 0.6) is 5.75 Å². The maximum Gasteiger partial charge on any atom is 0.124 e. The number of hydrogen-bond acceptors (Lipinski definition) is 3. The van der Waals surface area contributed by atoms with Gasteiger partial charge in [0, 0.05) is 12.2 Å². The van der Waals surface area contributed by atoms with Gasteiger partial charge in [0.15, 0.2) is 0 Å². The van der Waals surface area contributed by atoms with E-state index in [2.05, 4.69) is 24.4 Å². The molecule has 0 aromatic heterocycles. The van der Waals surface area contributed by atoms with Crippen molar-refractivity contribution >= 4 is 0 Å². The Morgan fingerprint density at radius 2 is 2.11 bits per heavy atom. The molecule has 0 aliphatic carbocycles. The third-order valence-electron chi connectivity index (χ3n) is 3.67. The summed E-state index contributed by atoms with van der Waals surface area (Å²) in [6, 6.07) is 8.43. The smallest absolute Gasteiger partial charge is 0.124 e. The summed E-state index contributed by atoms with van der Waals surface area (Å²) in [5.41, 5.74) is 1.20. The molecule has 0 saturated carbocycles. The summed E-state index contributed by atoms with van der Waals surface area (Å²) < 4.78 is 11.8. The molecule has 0 spiro atoms. The van der Waals surface area contributed by atoms with Gasteiger partial charge in [-0.05, 0) is 19.5 Å². The summed E-state index contributed by atoms with van der Waals surface area (Å²) in [5.74, 6) is 0.979. The molecule has 1 heterocycles. The average Bonchev–Trinajstić information content (AvgIpc) is 2.46. The second-order valence-electron chi connectivity index (χ2n) is 5.09. The molecule has 0 saturated heterocycles. The topological polar surface area (TPSA) is 30.5 Å². The normalized spacial score (nSPS) is 21.8. The number of unbranched alkanes of at least 4 members (excludes halogenated alkanes) is 3. The van der Waals surface area contributed by atoms with Crippen molar-refractivity contribution in [1.29, 1.82) is 0 Å². The van der Waals surface area contributed by atoms with Crippen molar-refractivity contribution in [3.05, 3.63) is 29.8 Å². The van der Waals surface area contributed by atoms with Crippen LogP contribution < -0.4 is 10.1 Å². The van der Waals surface area contributed by atoms with Gasteiger partial charge in [0.05, 0.1) is 6.04 Å². The van der Waals surface area contributed by atoms with Crippen molar-refractivity contribution in [1.82, 2.24) is 5.32 Å². The molecule has 0 radical (unpaired) electrons. The van der Waals surface area contributed by atoms with Crippen LogP contribution in [0.25, 0.3) is 0 Å². The number of fused-ring (bicyclic) bond motifs is 1. The summed E-state index contributed by atoms with van der Waals surface area (Å²) in [5, 5.41) is 3.36. The number of rotatable bonds is 7. The monoisotopic (exact) mass is 263 g/mol. The molecule has 1 aromatic rings. The molecule has 2 atom stereocenters. The van der Waals surface area contributed by atoms with Gasteiger partial charge in [-0.3, -0.25) is 0 Å². The van der Waals surface area contributed by atoms with E-state index < -0.39 is 0 Å². The first-order valence-corrected chi connectivity index (χ1v) is 7.37. The summed E-state index contributed by atoms with van der Waals surface area (Å²) in [4.78, 5) is 0. The highest BCUT2D eigenvalue weighted by molar-refractivity contribution is 5.38. The van der Waals surface area contributed by atoms with Crippen LogP contribution in [0.2, 0.25) is 0 Å². The Labute approximate surface area is 116 Å². The summed E-state index contributed by atoms with van der Waals surface area (Å²) in [6.07, 6.45) is 5.07. The average molecular weight is 263 g/mol. The molecule has 2 rings (SSSR count). The van der Waals surface area contributed by atoms with Crippen molar-refractivity contribution in [3.8, 4) is 5.75 Å². The highest BCUT2D eigenvalue weighted by Gasteiger charge is 2.30. The lowest BCUT2D eigenvalue weighted by Crippen LogP contribution is -2.39. The van der Waals surface area contributed by atoms with E-state index in [1.165, 1.54) is 24.8 Å². The maximum atomic E-state index is 6.00. The molecule has 1 aromatic carbocycles. The zero-order chi connectivity index (χ0) is 13.5. The molecular weight excluding hydrogens is 238 g/mol. The fourth-order valence-corrected chi connectivity index (χ4v) is 2.59. The number of para-hydroxylation sites is 1. The first kappa shape index (κ1) is 14.4. The number of ether oxygens (including phenoxy) is 2. The van der Waals surface area contributed by atoms with Gasteiger partial charge in [-0.2, -0.15) is 0 Å². The molecule has 0 bridgehead atoms. The van der Waals surface area contributed by atoms with E-state index >= 15 is 0 Å². The minimum Gasteiger partial charge on any atom is -0.490 e. The Kier molecular flexibility index (Phi) is 5.67. The Morgan fingerprint density at radius 1 is 1.26 bits per heavy atom. The lowest BCUT2D eigenvalue weighted by Gasteiger charge is -2.33. The van der Waals surface area contributed by atoms with Gasteiger partial charge in [0.25, 0.3) is 0 Å². The van der Waals surface area contributed by atoms with Crippen LogP contribution in [0.15, 0.2) is 24.3 Å². The Morgan fingerprint density at radius 3 is 2.89 bits per heavy atom. The highest BCUT2D eigenvalue weighted by Crippen LogP contribution is 2.32. The van der Waals surface area contributed by atoms with Crippen molar-refractivity contribution in [2.24, 2.45) is 0 Å². The maximum absolute atomic E-state index is 6.00. The number of benzene rings is 1. The van der Waals surface area contributed by atoms with Gasteiger partial charge in [-0.25, -0.2) is 0 Å². The van der Waals surface area contributed by atoms with E-state index in [0.717, 1.165) is 18.8 Å². The van der Waals surface area contributed by atoms with E-state index in [4.69, 9.17) is 9.47 Å². The fraction of sp³-hybridized carbons (Fsp3) is 0.625. The van der Waals surface area contributed by atoms with Crippen molar-refractivity contribution in [3.63, 3.8) is 0 Å². The summed E-state index contributed by atoms with van der Waals surface area (Å²) in [6.45, 7) is 3.69. The highest BCUT2D eigenvalue weighted by atomic mass is 16.5. The summed E-state index contributed by atoms with van der Waals surface area (Å²) >= 11 is 0. The van der Waals surface area contributed by atoms with Gasteiger partial charge in [-0.15, -0.1) is 0 Å². The molecule has 3 nitrogen and oxygen atoms in total. The van der Waals surface area contributed by atoms with Gasteiger partial charge < -0.3 is 14.8 Å². The summed E-state index contributed by atoms with van der Waals surface area (Å²) in [7, 11) is 1.99.